The van der Waals surface area contributed by atoms with Crippen LogP contribution in [-0.2, 0) is 4.79 Å². The number of piperazine rings is 1. The standard InChI is InChI=1S/C29H29BrClN5O2S/c1-18(2)26-23(15-32-36(26)29-33-24(17-39-29)20-9-11-22(30)12-10-20)27(37)34-13-14-35(19(3)16-34)28(38)25(31)21-7-5-4-6-8-21/h4-12,15,17-19,25H,13-14,16H2,1-3H3. The predicted octanol–water partition coefficient (Wildman–Crippen LogP) is 6.53. The zero-order valence-corrected chi connectivity index (χ0v) is 25.1. The molecular formula is C29H29BrClN5O2S. The lowest BCUT2D eigenvalue weighted by Gasteiger charge is -2.40. The zero-order chi connectivity index (χ0) is 27.7. The number of amides is 2. The van der Waals surface area contributed by atoms with Crippen molar-refractivity contribution < 1.29 is 9.59 Å². The molecule has 202 valence electrons. The third kappa shape index (κ3) is 5.66. The summed E-state index contributed by atoms with van der Waals surface area (Å²) in [6, 6.07) is 17.2. The molecule has 2 aromatic heterocycles. The van der Waals surface area contributed by atoms with E-state index < -0.39 is 5.38 Å². The summed E-state index contributed by atoms with van der Waals surface area (Å²) in [4.78, 5) is 35.3. The monoisotopic (exact) mass is 625 g/mol. The first-order chi connectivity index (χ1) is 18.7. The van der Waals surface area contributed by atoms with Crippen LogP contribution in [0.4, 0.5) is 0 Å². The quantitative estimate of drug-likeness (QED) is 0.228. The van der Waals surface area contributed by atoms with E-state index in [4.69, 9.17) is 16.6 Å². The molecule has 2 unspecified atom stereocenters. The van der Waals surface area contributed by atoms with Crippen molar-refractivity contribution in [3.05, 3.63) is 87.5 Å². The topological polar surface area (TPSA) is 71.3 Å². The zero-order valence-electron chi connectivity index (χ0n) is 21.9. The summed E-state index contributed by atoms with van der Waals surface area (Å²) in [5.41, 5.74) is 4.05. The first-order valence-electron chi connectivity index (χ1n) is 12.8. The molecule has 3 heterocycles. The normalized spacial score (nSPS) is 16.5. The summed E-state index contributed by atoms with van der Waals surface area (Å²) in [6.07, 6.45) is 1.64. The number of carbonyl (C=O) groups is 2. The first kappa shape index (κ1) is 27.6. The SMILES string of the molecule is CC(C)c1c(C(=O)N2CCN(C(=O)C(Cl)c3ccccc3)C(C)C2)cnn1-c1nc(-c2ccc(Br)cc2)cs1. The van der Waals surface area contributed by atoms with Crippen molar-refractivity contribution in [3.8, 4) is 16.4 Å². The molecule has 1 fully saturated rings. The van der Waals surface area contributed by atoms with Crippen LogP contribution in [0.5, 0.6) is 0 Å². The average Bonchev–Trinajstić information content (AvgIpc) is 3.61. The van der Waals surface area contributed by atoms with Crippen LogP contribution in [0.15, 0.2) is 70.6 Å². The fourth-order valence-corrected chi connectivity index (χ4v) is 6.23. The van der Waals surface area contributed by atoms with E-state index in [0.717, 1.165) is 27.0 Å². The minimum Gasteiger partial charge on any atom is -0.335 e. The number of aromatic nitrogens is 3. The number of rotatable bonds is 6. The number of hydrogen-bond donors (Lipinski definition) is 0. The predicted molar refractivity (Wildman–Crippen MR) is 159 cm³/mol. The van der Waals surface area contributed by atoms with Gasteiger partial charge >= 0.3 is 0 Å². The Morgan fingerprint density at radius 2 is 1.79 bits per heavy atom. The van der Waals surface area contributed by atoms with Gasteiger partial charge < -0.3 is 9.80 Å². The summed E-state index contributed by atoms with van der Waals surface area (Å²) in [5, 5.41) is 6.56. The van der Waals surface area contributed by atoms with Gasteiger partial charge in [0.1, 0.15) is 5.38 Å². The highest BCUT2D eigenvalue weighted by molar-refractivity contribution is 9.10. The molecule has 2 aromatic carbocycles. The van der Waals surface area contributed by atoms with Crippen molar-refractivity contribution in [3.63, 3.8) is 0 Å². The molecule has 39 heavy (non-hydrogen) atoms. The maximum Gasteiger partial charge on any atom is 0.257 e. The van der Waals surface area contributed by atoms with E-state index in [9.17, 15) is 9.59 Å². The Morgan fingerprint density at radius 3 is 2.46 bits per heavy atom. The molecule has 0 bridgehead atoms. The second-order valence-corrected chi connectivity index (χ2v) is 12.1. The van der Waals surface area contributed by atoms with E-state index in [1.165, 1.54) is 11.3 Å². The lowest BCUT2D eigenvalue weighted by Crippen LogP contribution is -2.56. The average molecular weight is 627 g/mol. The molecule has 0 radical (unpaired) electrons. The van der Waals surface area contributed by atoms with E-state index in [0.29, 0.717) is 30.3 Å². The number of carbonyl (C=O) groups excluding carboxylic acids is 2. The second-order valence-electron chi connectivity index (χ2n) is 9.94. The molecule has 1 aliphatic rings. The van der Waals surface area contributed by atoms with Crippen LogP contribution in [0.25, 0.3) is 16.4 Å². The summed E-state index contributed by atoms with van der Waals surface area (Å²) in [7, 11) is 0. The van der Waals surface area contributed by atoms with Crippen LogP contribution < -0.4 is 0 Å². The van der Waals surface area contributed by atoms with Gasteiger partial charge in [0.15, 0.2) is 0 Å². The smallest absolute Gasteiger partial charge is 0.257 e. The van der Waals surface area contributed by atoms with Crippen LogP contribution >= 0.6 is 38.9 Å². The van der Waals surface area contributed by atoms with E-state index >= 15 is 0 Å². The van der Waals surface area contributed by atoms with Gasteiger partial charge in [-0.2, -0.15) is 5.10 Å². The molecule has 0 saturated carbocycles. The first-order valence-corrected chi connectivity index (χ1v) is 14.9. The minimum absolute atomic E-state index is 0.0506. The van der Waals surface area contributed by atoms with Crippen molar-refractivity contribution in [2.75, 3.05) is 19.6 Å². The van der Waals surface area contributed by atoms with Crippen molar-refractivity contribution in [1.29, 1.82) is 0 Å². The molecule has 0 N–H and O–H groups in total. The van der Waals surface area contributed by atoms with E-state index in [2.05, 4.69) is 34.9 Å². The Bertz CT molecular complexity index is 1470. The van der Waals surface area contributed by atoms with Gasteiger partial charge in [0.2, 0.25) is 11.0 Å². The Morgan fingerprint density at radius 1 is 1.08 bits per heavy atom. The molecule has 1 saturated heterocycles. The maximum absolute atomic E-state index is 13.7. The van der Waals surface area contributed by atoms with Gasteiger partial charge in [-0.15, -0.1) is 22.9 Å². The van der Waals surface area contributed by atoms with Crippen LogP contribution in [0.3, 0.4) is 0 Å². The molecule has 4 aromatic rings. The highest BCUT2D eigenvalue weighted by Gasteiger charge is 2.35. The number of halogens is 2. The van der Waals surface area contributed by atoms with E-state index in [1.807, 2.05) is 71.8 Å². The highest BCUT2D eigenvalue weighted by atomic mass is 79.9. The molecule has 7 nitrogen and oxygen atoms in total. The molecule has 10 heteroatoms. The van der Waals surface area contributed by atoms with E-state index in [-0.39, 0.29) is 23.8 Å². The minimum atomic E-state index is -0.748. The second kappa shape index (κ2) is 11.6. The fourth-order valence-electron chi connectivity index (χ4n) is 4.90. The number of benzene rings is 2. The summed E-state index contributed by atoms with van der Waals surface area (Å²) >= 11 is 11.5. The lowest BCUT2D eigenvalue weighted by atomic mass is 10.0. The van der Waals surface area contributed by atoms with Gasteiger partial charge in [-0.25, -0.2) is 9.67 Å². The van der Waals surface area contributed by atoms with Gasteiger partial charge in [0.25, 0.3) is 5.91 Å². The number of nitrogens with zero attached hydrogens (tertiary/aromatic N) is 5. The number of thiazole rings is 1. The van der Waals surface area contributed by atoms with Gasteiger partial charge in [-0.1, -0.05) is 72.2 Å². The Labute approximate surface area is 245 Å². The third-order valence-electron chi connectivity index (χ3n) is 6.90. The van der Waals surface area contributed by atoms with Crippen LogP contribution in [0.2, 0.25) is 0 Å². The summed E-state index contributed by atoms with van der Waals surface area (Å²) in [6.45, 7) is 7.35. The molecule has 0 spiro atoms. The molecule has 1 aliphatic heterocycles. The van der Waals surface area contributed by atoms with Crippen LogP contribution in [0, 0.1) is 0 Å². The highest BCUT2D eigenvalue weighted by Crippen LogP contribution is 2.30. The van der Waals surface area contributed by atoms with Crippen LogP contribution in [-0.4, -0.2) is 62.1 Å². The summed E-state index contributed by atoms with van der Waals surface area (Å²) < 4.78 is 2.80. The van der Waals surface area contributed by atoms with Gasteiger partial charge in [0.05, 0.1) is 23.1 Å². The maximum atomic E-state index is 13.7. The van der Waals surface area contributed by atoms with Gasteiger partial charge in [0, 0.05) is 41.1 Å². The fraction of sp³-hybridized carbons (Fsp3) is 0.310. The van der Waals surface area contributed by atoms with E-state index in [1.54, 1.807) is 15.8 Å². The molecular weight excluding hydrogens is 598 g/mol. The van der Waals surface area contributed by atoms with Crippen molar-refractivity contribution in [2.45, 2.75) is 38.1 Å². The van der Waals surface area contributed by atoms with Crippen LogP contribution in [0.1, 0.15) is 53.7 Å². The molecule has 2 atom stereocenters. The molecule has 5 rings (SSSR count). The lowest BCUT2D eigenvalue weighted by molar-refractivity contribution is -0.135. The molecule has 2 amide bonds. The molecule has 0 aliphatic carbocycles. The number of hydrogen-bond acceptors (Lipinski definition) is 5. The Kier molecular flexibility index (Phi) is 8.21. The number of alkyl halides is 1. The Hall–Kier alpha value is -3.01. The van der Waals surface area contributed by atoms with Crippen molar-refractivity contribution in [1.82, 2.24) is 24.6 Å². The van der Waals surface area contributed by atoms with Crippen molar-refractivity contribution >= 4 is 50.7 Å². The van der Waals surface area contributed by atoms with Gasteiger partial charge in [-0.05, 0) is 30.5 Å². The third-order valence-corrected chi connectivity index (χ3v) is 8.69. The van der Waals surface area contributed by atoms with Gasteiger partial charge in [-0.3, -0.25) is 9.59 Å². The summed E-state index contributed by atoms with van der Waals surface area (Å²) in [5.74, 6) is -0.169. The van der Waals surface area contributed by atoms with Crippen molar-refractivity contribution in [2.24, 2.45) is 0 Å². The largest absolute Gasteiger partial charge is 0.335 e. The Balaban J connectivity index is 1.33.